The Bertz CT molecular complexity index is 867. The molecule has 158 valence electrons. The van der Waals surface area contributed by atoms with Gasteiger partial charge in [0.05, 0.1) is 11.0 Å². The molecule has 0 amide bonds. The number of likely N-dealkylation sites (N-methyl/N-ethyl adjacent to an activating group) is 1. The number of phenols is 1. The quantitative estimate of drug-likeness (QED) is 0.657. The lowest BCUT2D eigenvalue weighted by molar-refractivity contribution is -0.148. The van der Waals surface area contributed by atoms with E-state index in [1.165, 1.54) is 0 Å². The van der Waals surface area contributed by atoms with Crippen LogP contribution in [-0.4, -0.2) is 65.8 Å². The number of aliphatic hydroxyl groups is 1. The fourth-order valence-electron chi connectivity index (χ4n) is 5.78. The van der Waals surface area contributed by atoms with Crippen molar-refractivity contribution < 1.29 is 19.7 Å². The van der Waals surface area contributed by atoms with Crippen molar-refractivity contribution in [3.05, 3.63) is 34.9 Å². The molecule has 1 saturated heterocycles. The molecule has 1 aromatic rings. The fraction of sp³-hybridized carbons (Fsp3) is 0.609. The highest BCUT2D eigenvalue weighted by atomic mass is 16.5. The Hall–Kier alpha value is -1.89. The van der Waals surface area contributed by atoms with E-state index in [2.05, 4.69) is 17.1 Å². The third-order valence-corrected chi connectivity index (χ3v) is 7.53. The van der Waals surface area contributed by atoms with Crippen molar-refractivity contribution in [2.24, 2.45) is 0 Å². The standard InChI is InChI=1S/C23H32N2O4/c1-14-5-6-18(27)20-19(14)22-10-12-25(4)15(2)23(22,28)9-7-16(21(22)29-20)13-17(26)8-11-24-3/h5-7,15,21,24,27-28H,8-13H2,1-4H3. The molecular formula is C23H32N2O4. The van der Waals surface area contributed by atoms with Gasteiger partial charge in [0.2, 0.25) is 0 Å². The van der Waals surface area contributed by atoms with Crippen LogP contribution in [0.25, 0.3) is 0 Å². The van der Waals surface area contributed by atoms with E-state index in [4.69, 9.17) is 4.74 Å². The van der Waals surface area contributed by atoms with Crippen LogP contribution in [0.1, 0.15) is 43.7 Å². The van der Waals surface area contributed by atoms with Gasteiger partial charge in [0.25, 0.3) is 0 Å². The number of aryl methyl sites for hydroxylation is 1. The van der Waals surface area contributed by atoms with Crippen LogP contribution < -0.4 is 10.1 Å². The molecule has 4 rings (SSSR count). The van der Waals surface area contributed by atoms with Crippen LogP contribution in [0.15, 0.2) is 23.8 Å². The van der Waals surface area contributed by atoms with Crippen molar-refractivity contribution in [1.29, 1.82) is 0 Å². The normalized spacial score (nSPS) is 33.3. The molecular weight excluding hydrogens is 368 g/mol. The summed E-state index contributed by atoms with van der Waals surface area (Å²) in [6.45, 7) is 5.54. The van der Waals surface area contributed by atoms with Gasteiger partial charge in [0.1, 0.15) is 11.9 Å². The lowest BCUT2D eigenvalue weighted by Gasteiger charge is -2.59. The summed E-state index contributed by atoms with van der Waals surface area (Å²) in [6, 6.07) is 3.47. The third-order valence-electron chi connectivity index (χ3n) is 7.53. The zero-order valence-electron chi connectivity index (χ0n) is 17.8. The molecule has 4 atom stereocenters. The van der Waals surface area contributed by atoms with Crippen LogP contribution in [0, 0.1) is 6.92 Å². The number of nitrogens with one attached hydrogen (secondary N) is 1. The smallest absolute Gasteiger partial charge is 0.166 e. The average molecular weight is 401 g/mol. The molecule has 0 aromatic heterocycles. The predicted molar refractivity (Wildman–Crippen MR) is 111 cm³/mol. The molecule has 6 nitrogen and oxygen atoms in total. The summed E-state index contributed by atoms with van der Waals surface area (Å²) in [5.74, 6) is 0.734. The van der Waals surface area contributed by atoms with Crippen molar-refractivity contribution in [3.63, 3.8) is 0 Å². The molecule has 1 aromatic carbocycles. The zero-order chi connectivity index (χ0) is 21.0. The molecule has 3 aliphatic rings. The number of benzene rings is 1. The number of ketones is 1. The van der Waals surface area contributed by atoms with Crippen molar-refractivity contribution in [1.82, 2.24) is 10.2 Å². The lowest BCUT2D eigenvalue weighted by atomic mass is 9.53. The van der Waals surface area contributed by atoms with E-state index < -0.39 is 17.1 Å². The van der Waals surface area contributed by atoms with Crippen LogP contribution in [0.2, 0.25) is 0 Å². The second kappa shape index (κ2) is 7.11. The lowest BCUT2D eigenvalue weighted by Crippen LogP contribution is -2.71. The first-order chi connectivity index (χ1) is 13.8. The van der Waals surface area contributed by atoms with E-state index in [1.54, 1.807) is 6.07 Å². The number of rotatable bonds is 5. The number of ether oxygens (including phenoxy) is 1. The van der Waals surface area contributed by atoms with E-state index in [0.29, 0.717) is 38.0 Å². The van der Waals surface area contributed by atoms with Gasteiger partial charge < -0.3 is 25.2 Å². The number of piperidine rings is 1. The van der Waals surface area contributed by atoms with Gasteiger partial charge in [-0.1, -0.05) is 12.1 Å². The second-order valence-electron chi connectivity index (χ2n) is 8.96. The van der Waals surface area contributed by atoms with E-state index in [9.17, 15) is 15.0 Å². The molecule has 3 N–H and O–H groups in total. The Balaban J connectivity index is 1.84. The maximum atomic E-state index is 12.6. The predicted octanol–water partition coefficient (Wildman–Crippen LogP) is 2.05. The summed E-state index contributed by atoms with van der Waals surface area (Å²) in [5.41, 5.74) is 1.16. The fourth-order valence-corrected chi connectivity index (χ4v) is 5.78. The van der Waals surface area contributed by atoms with Crippen molar-refractivity contribution in [3.8, 4) is 11.5 Å². The topological polar surface area (TPSA) is 82.0 Å². The Labute approximate surface area is 172 Å². The van der Waals surface area contributed by atoms with Crippen molar-refractivity contribution in [2.45, 2.75) is 62.7 Å². The minimum Gasteiger partial charge on any atom is -0.504 e. The summed E-state index contributed by atoms with van der Waals surface area (Å²) in [7, 11) is 3.88. The molecule has 2 heterocycles. The number of nitrogens with zero attached hydrogens (tertiary/aromatic N) is 1. The Kier molecular flexibility index (Phi) is 5.00. The van der Waals surface area contributed by atoms with Gasteiger partial charge in [-0.3, -0.25) is 4.79 Å². The number of carbonyl (C=O) groups is 1. The number of hydrogen-bond acceptors (Lipinski definition) is 6. The summed E-state index contributed by atoms with van der Waals surface area (Å²) in [6.07, 6.45) is 3.55. The summed E-state index contributed by atoms with van der Waals surface area (Å²) < 4.78 is 6.38. The number of carbonyl (C=O) groups excluding carboxylic acids is 1. The summed E-state index contributed by atoms with van der Waals surface area (Å²) >= 11 is 0. The van der Waals surface area contributed by atoms with Gasteiger partial charge in [-0.25, -0.2) is 0 Å². The minimum absolute atomic E-state index is 0.0761. The maximum absolute atomic E-state index is 12.6. The first-order valence-electron chi connectivity index (χ1n) is 10.5. The highest BCUT2D eigenvalue weighted by Gasteiger charge is 2.68. The summed E-state index contributed by atoms with van der Waals surface area (Å²) in [4.78, 5) is 14.8. The molecule has 1 fully saturated rings. The average Bonchev–Trinajstić information content (AvgIpc) is 3.06. The number of phenolic OH excluding ortho intramolecular Hbond substituents is 1. The molecule has 6 heteroatoms. The number of fused-ring (bicyclic) bond motifs is 1. The third kappa shape index (κ3) is 2.76. The second-order valence-corrected chi connectivity index (χ2v) is 8.96. The molecule has 0 saturated carbocycles. The zero-order valence-corrected chi connectivity index (χ0v) is 17.8. The van der Waals surface area contributed by atoms with Gasteiger partial charge in [-0.2, -0.15) is 0 Å². The Morgan fingerprint density at radius 1 is 1.41 bits per heavy atom. The molecule has 29 heavy (non-hydrogen) atoms. The van der Waals surface area contributed by atoms with Crippen molar-refractivity contribution in [2.75, 3.05) is 27.2 Å². The number of Topliss-reactive ketones (excluding diaryl/α,β-unsaturated/α-hetero) is 1. The van der Waals surface area contributed by atoms with Crippen LogP contribution in [0.4, 0.5) is 0 Å². The minimum atomic E-state index is -1.04. The van der Waals surface area contributed by atoms with Gasteiger partial charge in [0, 0.05) is 31.0 Å². The van der Waals surface area contributed by atoms with Crippen LogP contribution in [0.3, 0.4) is 0 Å². The highest BCUT2D eigenvalue weighted by molar-refractivity contribution is 5.81. The summed E-state index contributed by atoms with van der Waals surface area (Å²) in [5, 5.41) is 25.7. The van der Waals surface area contributed by atoms with E-state index >= 15 is 0 Å². The van der Waals surface area contributed by atoms with E-state index in [0.717, 1.165) is 23.2 Å². The molecule has 1 aliphatic carbocycles. The monoisotopic (exact) mass is 400 g/mol. The number of likely N-dealkylation sites (tertiary alicyclic amines) is 1. The Morgan fingerprint density at radius 2 is 2.17 bits per heavy atom. The number of hydrogen-bond donors (Lipinski definition) is 3. The van der Waals surface area contributed by atoms with Crippen LogP contribution in [-0.2, 0) is 10.2 Å². The molecule has 0 radical (unpaired) electrons. The van der Waals surface area contributed by atoms with Gasteiger partial charge in [-0.15, -0.1) is 0 Å². The number of aromatic hydroxyl groups is 1. The van der Waals surface area contributed by atoms with Gasteiger partial charge >= 0.3 is 0 Å². The van der Waals surface area contributed by atoms with Gasteiger partial charge in [0.15, 0.2) is 11.5 Å². The van der Waals surface area contributed by atoms with Crippen LogP contribution in [0.5, 0.6) is 11.5 Å². The van der Waals surface area contributed by atoms with Crippen LogP contribution >= 0.6 is 0 Å². The maximum Gasteiger partial charge on any atom is 0.166 e. The van der Waals surface area contributed by atoms with E-state index in [-0.39, 0.29) is 17.6 Å². The largest absolute Gasteiger partial charge is 0.504 e. The highest BCUT2D eigenvalue weighted by Crippen LogP contribution is 2.62. The van der Waals surface area contributed by atoms with Crippen molar-refractivity contribution >= 4 is 5.78 Å². The molecule has 0 bridgehead atoms. The molecule has 2 aliphatic heterocycles. The molecule has 1 spiro atoms. The van der Waals surface area contributed by atoms with E-state index in [1.807, 2.05) is 33.2 Å². The molecule has 4 unspecified atom stereocenters. The first kappa shape index (κ1) is 20.4. The first-order valence-corrected chi connectivity index (χ1v) is 10.5. The Morgan fingerprint density at radius 3 is 2.90 bits per heavy atom. The SMILES string of the molecule is CNCCC(=O)CC1=CCC2(O)C(C)N(C)CCC23c2c(C)ccc(O)c2OC13. The van der Waals surface area contributed by atoms with Gasteiger partial charge in [-0.05, 0) is 64.5 Å².